The highest BCUT2D eigenvalue weighted by atomic mass is 35.5. The molecule has 4 rings (SSSR count). The SMILES string of the molecule is CCOC(=O)c1c(-c2ccc(C#N)cc2)c(Cc2ccccc2)n(-c2ccc(Cl)cc2)c1C. The molecule has 0 radical (unpaired) electrons. The van der Waals surface area contributed by atoms with Crippen LogP contribution in [0.3, 0.4) is 0 Å². The Kier molecular flexibility index (Phi) is 6.63. The van der Waals surface area contributed by atoms with Crippen LogP contribution in [0.5, 0.6) is 0 Å². The Morgan fingerprint density at radius 3 is 2.27 bits per heavy atom. The van der Waals surface area contributed by atoms with Crippen LogP contribution < -0.4 is 0 Å². The number of hydrogen-bond acceptors (Lipinski definition) is 3. The third-order valence-corrected chi connectivity index (χ3v) is 5.84. The van der Waals surface area contributed by atoms with Gasteiger partial charge in [0.05, 0.1) is 23.8 Å². The number of benzene rings is 3. The van der Waals surface area contributed by atoms with Crippen molar-refractivity contribution in [3.63, 3.8) is 0 Å². The van der Waals surface area contributed by atoms with Crippen LogP contribution >= 0.6 is 11.6 Å². The lowest BCUT2D eigenvalue weighted by atomic mass is 9.96. The van der Waals surface area contributed by atoms with Gasteiger partial charge in [-0.1, -0.05) is 54.1 Å². The Hall–Kier alpha value is -3.81. The van der Waals surface area contributed by atoms with E-state index in [0.29, 0.717) is 22.6 Å². The second-order valence-corrected chi connectivity index (χ2v) is 8.10. The third-order valence-electron chi connectivity index (χ3n) is 5.59. The molecule has 4 nitrogen and oxygen atoms in total. The van der Waals surface area contributed by atoms with Crippen molar-refractivity contribution >= 4 is 17.6 Å². The molecular formula is C28H23ClN2O2. The number of hydrogen-bond donors (Lipinski definition) is 0. The molecule has 0 spiro atoms. The summed E-state index contributed by atoms with van der Waals surface area (Å²) in [6.07, 6.45) is 0.610. The Morgan fingerprint density at radius 1 is 1.00 bits per heavy atom. The average Bonchev–Trinajstić information content (AvgIpc) is 3.12. The van der Waals surface area contributed by atoms with Crippen molar-refractivity contribution < 1.29 is 9.53 Å². The number of esters is 1. The van der Waals surface area contributed by atoms with E-state index in [1.807, 2.05) is 61.5 Å². The van der Waals surface area contributed by atoms with Crippen molar-refractivity contribution in [2.75, 3.05) is 6.61 Å². The van der Waals surface area contributed by atoms with Gasteiger partial charge < -0.3 is 9.30 Å². The van der Waals surface area contributed by atoms with Gasteiger partial charge in [0, 0.05) is 34.1 Å². The molecule has 0 aliphatic heterocycles. The summed E-state index contributed by atoms with van der Waals surface area (Å²) in [4.78, 5) is 13.2. The van der Waals surface area contributed by atoms with Crippen molar-refractivity contribution in [1.29, 1.82) is 5.26 Å². The molecule has 0 saturated heterocycles. The van der Waals surface area contributed by atoms with Gasteiger partial charge >= 0.3 is 5.97 Å². The first kappa shape index (κ1) is 22.4. The molecule has 0 fully saturated rings. The van der Waals surface area contributed by atoms with Gasteiger partial charge in [-0.3, -0.25) is 0 Å². The van der Waals surface area contributed by atoms with Gasteiger partial charge in [-0.2, -0.15) is 5.26 Å². The molecule has 4 aromatic rings. The summed E-state index contributed by atoms with van der Waals surface area (Å²) in [7, 11) is 0. The van der Waals surface area contributed by atoms with Gasteiger partial charge in [-0.15, -0.1) is 0 Å². The lowest BCUT2D eigenvalue weighted by Crippen LogP contribution is -2.07. The van der Waals surface area contributed by atoms with Crippen LogP contribution in [0.15, 0.2) is 78.9 Å². The smallest absolute Gasteiger partial charge is 0.340 e. The topological polar surface area (TPSA) is 55.0 Å². The second-order valence-electron chi connectivity index (χ2n) is 7.67. The van der Waals surface area contributed by atoms with Crippen LogP contribution in [-0.4, -0.2) is 17.1 Å². The first-order valence-corrected chi connectivity index (χ1v) is 11.1. The summed E-state index contributed by atoms with van der Waals surface area (Å²) in [5.74, 6) is -0.364. The molecule has 0 unspecified atom stereocenters. The van der Waals surface area contributed by atoms with Crippen LogP contribution in [0.1, 0.15) is 39.8 Å². The standard InChI is InChI=1S/C28H23ClN2O2/c1-3-33-28(32)26-19(2)31(24-15-13-23(29)14-16-24)25(17-20-7-5-4-6-8-20)27(26)22-11-9-21(18-30)10-12-22/h4-16H,3,17H2,1-2H3. The zero-order valence-electron chi connectivity index (χ0n) is 18.5. The maximum atomic E-state index is 13.2. The first-order valence-electron chi connectivity index (χ1n) is 10.7. The van der Waals surface area contributed by atoms with Gasteiger partial charge in [0.25, 0.3) is 0 Å². The lowest BCUT2D eigenvalue weighted by Gasteiger charge is -2.14. The van der Waals surface area contributed by atoms with Crippen LogP contribution in [0.2, 0.25) is 5.02 Å². The Bertz CT molecular complexity index is 1320. The third kappa shape index (κ3) is 4.55. The van der Waals surface area contributed by atoms with Gasteiger partial charge in [0.1, 0.15) is 0 Å². The van der Waals surface area contributed by atoms with Crippen LogP contribution in [0.4, 0.5) is 0 Å². The molecule has 1 aromatic heterocycles. The number of ether oxygens (including phenoxy) is 1. The summed E-state index contributed by atoms with van der Waals surface area (Å²) in [6, 6.07) is 27.2. The molecule has 0 aliphatic rings. The highest BCUT2D eigenvalue weighted by Gasteiger charge is 2.28. The molecule has 0 bridgehead atoms. The highest BCUT2D eigenvalue weighted by Crippen LogP contribution is 2.37. The van der Waals surface area contributed by atoms with Gasteiger partial charge in [-0.05, 0) is 61.4 Å². The molecule has 0 atom stereocenters. The van der Waals surface area contributed by atoms with Crippen molar-refractivity contribution in [3.8, 4) is 22.9 Å². The molecule has 1 heterocycles. The number of nitrogens with zero attached hydrogens (tertiary/aromatic N) is 2. The van der Waals surface area contributed by atoms with E-state index in [2.05, 4.69) is 22.8 Å². The molecule has 0 amide bonds. The molecule has 0 aliphatic carbocycles. The van der Waals surface area contributed by atoms with Crippen molar-refractivity contribution in [1.82, 2.24) is 4.57 Å². The van der Waals surface area contributed by atoms with Crippen molar-refractivity contribution in [2.45, 2.75) is 20.3 Å². The normalized spacial score (nSPS) is 10.6. The minimum Gasteiger partial charge on any atom is -0.462 e. The zero-order chi connectivity index (χ0) is 23.4. The van der Waals surface area contributed by atoms with Crippen molar-refractivity contribution in [2.24, 2.45) is 0 Å². The highest BCUT2D eigenvalue weighted by molar-refractivity contribution is 6.30. The Morgan fingerprint density at radius 2 is 1.67 bits per heavy atom. The molecule has 3 aromatic carbocycles. The predicted molar refractivity (Wildman–Crippen MR) is 131 cm³/mol. The fourth-order valence-corrected chi connectivity index (χ4v) is 4.25. The summed E-state index contributed by atoms with van der Waals surface area (Å²) in [5.41, 5.74) is 6.56. The van der Waals surface area contributed by atoms with Gasteiger partial charge in [-0.25, -0.2) is 4.79 Å². The molecule has 0 saturated carbocycles. The number of carbonyl (C=O) groups is 1. The largest absolute Gasteiger partial charge is 0.462 e. The number of rotatable bonds is 6. The minimum atomic E-state index is -0.364. The summed E-state index contributed by atoms with van der Waals surface area (Å²) in [5, 5.41) is 9.89. The van der Waals surface area contributed by atoms with Crippen LogP contribution in [-0.2, 0) is 11.2 Å². The van der Waals surface area contributed by atoms with E-state index in [-0.39, 0.29) is 12.6 Å². The number of aromatic nitrogens is 1. The van der Waals surface area contributed by atoms with Crippen molar-refractivity contribution in [3.05, 3.63) is 112 Å². The van der Waals surface area contributed by atoms with E-state index >= 15 is 0 Å². The minimum absolute atomic E-state index is 0.283. The Labute approximate surface area is 198 Å². The fourth-order valence-electron chi connectivity index (χ4n) is 4.12. The fraction of sp³-hybridized carbons (Fsp3) is 0.143. The summed E-state index contributed by atoms with van der Waals surface area (Å²) < 4.78 is 7.56. The van der Waals surface area contributed by atoms with E-state index in [4.69, 9.17) is 16.3 Å². The molecule has 33 heavy (non-hydrogen) atoms. The van der Waals surface area contributed by atoms with Crippen LogP contribution in [0, 0.1) is 18.3 Å². The monoisotopic (exact) mass is 454 g/mol. The maximum Gasteiger partial charge on any atom is 0.340 e. The molecule has 0 N–H and O–H groups in total. The molecule has 5 heteroatoms. The zero-order valence-corrected chi connectivity index (χ0v) is 19.3. The Balaban J connectivity index is 2.03. The second kappa shape index (κ2) is 9.77. The first-order chi connectivity index (χ1) is 16.0. The van der Waals surface area contributed by atoms with Gasteiger partial charge in [0.15, 0.2) is 0 Å². The van der Waals surface area contributed by atoms with E-state index in [9.17, 15) is 10.1 Å². The molecule has 164 valence electrons. The molecular weight excluding hydrogens is 432 g/mol. The van der Waals surface area contributed by atoms with E-state index in [0.717, 1.165) is 33.8 Å². The van der Waals surface area contributed by atoms with E-state index < -0.39 is 0 Å². The van der Waals surface area contributed by atoms with E-state index in [1.54, 1.807) is 19.1 Å². The lowest BCUT2D eigenvalue weighted by molar-refractivity contribution is 0.0526. The summed E-state index contributed by atoms with van der Waals surface area (Å²) in [6.45, 7) is 4.02. The predicted octanol–water partition coefficient (Wildman–Crippen LogP) is 6.75. The summed E-state index contributed by atoms with van der Waals surface area (Å²) >= 11 is 6.15. The number of halogens is 1. The number of nitriles is 1. The maximum absolute atomic E-state index is 13.2. The van der Waals surface area contributed by atoms with E-state index in [1.165, 1.54) is 0 Å². The van der Waals surface area contributed by atoms with Gasteiger partial charge in [0.2, 0.25) is 0 Å². The quantitative estimate of drug-likeness (QED) is 0.303. The van der Waals surface area contributed by atoms with Crippen LogP contribution in [0.25, 0.3) is 16.8 Å². The average molecular weight is 455 g/mol. The number of carbonyl (C=O) groups excluding carboxylic acids is 1.